The number of halogens is 1. The van der Waals surface area contributed by atoms with Crippen molar-refractivity contribution in [1.29, 1.82) is 5.41 Å². The molecule has 0 amide bonds. The highest BCUT2D eigenvalue weighted by Gasteiger charge is 2.07. The summed E-state index contributed by atoms with van der Waals surface area (Å²) in [4.78, 5) is 9.14. The van der Waals surface area contributed by atoms with Gasteiger partial charge in [-0.2, -0.15) is 0 Å². The number of hydrogen-bond donors (Lipinski definition) is 2. The smallest absolute Gasteiger partial charge is 0.100 e. The number of nitrogens with one attached hydrogen (secondary N) is 2. The van der Waals surface area contributed by atoms with Crippen LogP contribution in [0.2, 0.25) is 5.02 Å². The van der Waals surface area contributed by atoms with E-state index in [1.54, 1.807) is 6.33 Å². The van der Waals surface area contributed by atoms with Crippen molar-refractivity contribution in [3.05, 3.63) is 88.5 Å². The summed E-state index contributed by atoms with van der Waals surface area (Å²) < 4.78 is 0. The molecule has 2 N–H and O–H groups in total. The highest BCUT2D eigenvalue weighted by atomic mass is 35.5. The molecular formula is C21H23ClN4. The van der Waals surface area contributed by atoms with E-state index in [0.717, 1.165) is 34.7 Å². The van der Waals surface area contributed by atoms with Crippen LogP contribution in [0.1, 0.15) is 22.4 Å². The summed E-state index contributed by atoms with van der Waals surface area (Å²) in [7, 11) is 1.95. The van der Waals surface area contributed by atoms with Gasteiger partial charge < -0.3 is 9.88 Å². The van der Waals surface area contributed by atoms with E-state index < -0.39 is 0 Å². The minimum absolute atomic E-state index is 0.602. The first-order chi connectivity index (χ1) is 12.6. The monoisotopic (exact) mass is 366 g/mol. The first-order valence-corrected chi connectivity index (χ1v) is 9.06. The first-order valence-electron chi connectivity index (χ1n) is 8.68. The van der Waals surface area contributed by atoms with Gasteiger partial charge in [0.1, 0.15) is 5.84 Å². The number of imidazole rings is 1. The van der Waals surface area contributed by atoms with Crippen molar-refractivity contribution in [2.24, 2.45) is 0 Å². The predicted molar refractivity (Wildman–Crippen MR) is 107 cm³/mol. The van der Waals surface area contributed by atoms with Crippen molar-refractivity contribution in [2.45, 2.75) is 25.8 Å². The Morgan fingerprint density at radius 3 is 2.31 bits per heavy atom. The van der Waals surface area contributed by atoms with Crippen molar-refractivity contribution >= 4 is 17.4 Å². The minimum Gasteiger partial charge on any atom is -0.359 e. The fourth-order valence-electron chi connectivity index (χ4n) is 2.81. The van der Waals surface area contributed by atoms with E-state index in [1.165, 1.54) is 5.56 Å². The van der Waals surface area contributed by atoms with Crippen molar-refractivity contribution < 1.29 is 0 Å². The standard InChI is InChI=1S/C21H23ClN4/c1-26(14-18-6-9-19(22)10-7-18)21(23)12-17-4-2-16(3-5-17)8-11-20-13-24-15-25-20/h2-7,9-10,13,15,23H,8,11-12,14H2,1H3,(H,24,25). The Morgan fingerprint density at radius 2 is 1.65 bits per heavy atom. The van der Waals surface area contributed by atoms with Gasteiger partial charge in [-0.1, -0.05) is 48.0 Å². The molecule has 5 heteroatoms. The van der Waals surface area contributed by atoms with Gasteiger partial charge in [0.05, 0.1) is 6.33 Å². The number of H-pyrrole nitrogens is 1. The SMILES string of the molecule is CN(Cc1ccc(Cl)cc1)C(=N)Cc1ccc(CCc2cnc[nH]2)cc1. The lowest BCUT2D eigenvalue weighted by Gasteiger charge is -2.20. The van der Waals surface area contributed by atoms with Crippen LogP contribution in [0.5, 0.6) is 0 Å². The maximum Gasteiger partial charge on any atom is 0.100 e. The van der Waals surface area contributed by atoms with Crippen LogP contribution < -0.4 is 0 Å². The molecule has 0 atom stereocenters. The number of aromatic nitrogens is 2. The lowest BCUT2D eigenvalue weighted by Crippen LogP contribution is -2.27. The Labute approximate surface area is 159 Å². The van der Waals surface area contributed by atoms with Crippen LogP contribution in [0.15, 0.2) is 61.1 Å². The van der Waals surface area contributed by atoms with Gasteiger partial charge in [-0.15, -0.1) is 0 Å². The summed E-state index contributed by atoms with van der Waals surface area (Å²) in [6, 6.07) is 16.3. The zero-order valence-corrected chi connectivity index (χ0v) is 15.6. The van der Waals surface area contributed by atoms with E-state index in [9.17, 15) is 0 Å². The zero-order chi connectivity index (χ0) is 18.4. The summed E-state index contributed by atoms with van der Waals surface area (Å²) in [6.45, 7) is 0.707. The lowest BCUT2D eigenvalue weighted by atomic mass is 10.0. The zero-order valence-electron chi connectivity index (χ0n) is 14.9. The normalized spacial score (nSPS) is 10.7. The molecule has 0 saturated heterocycles. The molecule has 0 aliphatic rings. The van der Waals surface area contributed by atoms with Crippen LogP contribution in [0.25, 0.3) is 0 Å². The number of hydrogen-bond acceptors (Lipinski definition) is 2. The van der Waals surface area contributed by atoms with Crippen molar-refractivity contribution in [3.8, 4) is 0 Å². The van der Waals surface area contributed by atoms with E-state index in [4.69, 9.17) is 17.0 Å². The molecular weight excluding hydrogens is 344 g/mol. The van der Waals surface area contributed by atoms with Gasteiger partial charge in [0.2, 0.25) is 0 Å². The fraction of sp³-hybridized carbons (Fsp3) is 0.238. The molecule has 3 rings (SSSR count). The molecule has 0 aliphatic carbocycles. The van der Waals surface area contributed by atoms with Crippen LogP contribution in [-0.2, 0) is 25.8 Å². The number of benzene rings is 2. The van der Waals surface area contributed by atoms with Crippen molar-refractivity contribution in [3.63, 3.8) is 0 Å². The van der Waals surface area contributed by atoms with Crippen LogP contribution in [0.4, 0.5) is 0 Å². The van der Waals surface area contributed by atoms with Crippen LogP contribution in [0, 0.1) is 5.41 Å². The topological polar surface area (TPSA) is 55.8 Å². The van der Waals surface area contributed by atoms with Crippen LogP contribution in [-0.4, -0.2) is 27.8 Å². The highest BCUT2D eigenvalue weighted by Crippen LogP contribution is 2.13. The Hall–Kier alpha value is -2.59. The Kier molecular flexibility index (Phi) is 6.08. The Bertz CT molecular complexity index is 823. The molecule has 0 unspecified atom stereocenters. The number of aryl methyl sites for hydroxylation is 2. The number of amidine groups is 1. The summed E-state index contributed by atoms with van der Waals surface area (Å²) in [5.41, 5.74) is 4.75. The van der Waals surface area contributed by atoms with Gasteiger partial charge in [0, 0.05) is 36.9 Å². The van der Waals surface area contributed by atoms with Gasteiger partial charge >= 0.3 is 0 Å². The second-order valence-electron chi connectivity index (χ2n) is 6.50. The molecule has 2 aromatic carbocycles. The molecule has 0 spiro atoms. The summed E-state index contributed by atoms with van der Waals surface area (Å²) >= 11 is 5.92. The summed E-state index contributed by atoms with van der Waals surface area (Å²) in [5.74, 6) is 0.602. The van der Waals surface area contributed by atoms with Gasteiger partial charge in [-0.05, 0) is 41.7 Å². The number of aromatic amines is 1. The van der Waals surface area contributed by atoms with Crippen LogP contribution >= 0.6 is 11.6 Å². The summed E-state index contributed by atoms with van der Waals surface area (Å²) in [6.07, 6.45) is 6.15. The molecule has 1 aromatic heterocycles. The quantitative estimate of drug-likeness (QED) is 0.477. The highest BCUT2D eigenvalue weighted by molar-refractivity contribution is 6.30. The molecule has 0 radical (unpaired) electrons. The van der Waals surface area contributed by atoms with E-state index in [2.05, 4.69) is 34.2 Å². The Balaban J connectivity index is 1.51. The molecule has 1 heterocycles. The van der Waals surface area contributed by atoms with Gasteiger partial charge in [-0.25, -0.2) is 4.98 Å². The third kappa shape index (κ3) is 5.20. The third-order valence-electron chi connectivity index (χ3n) is 4.43. The number of rotatable bonds is 7. The van der Waals surface area contributed by atoms with Crippen LogP contribution in [0.3, 0.4) is 0 Å². The molecule has 0 saturated carbocycles. The lowest BCUT2D eigenvalue weighted by molar-refractivity contribution is 0.488. The molecule has 134 valence electrons. The first kappa shape index (κ1) is 18.2. The third-order valence-corrected chi connectivity index (χ3v) is 4.68. The average molecular weight is 367 g/mol. The largest absolute Gasteiger partial charge is 0.359 e. The second-order valence-corrected chi connectivity index (χ2v) is 6.94. The maximum atomic E-state index is 8.34. The van der Waals surface area contributed by atoms with Crippen molar-refractivity contribution in [2.75, 3.05) is 7.05 Å². The van der Waals surface area contributed by atoms with E-state index in [1.807, 2.05) is 42.4 Å². The predicted octanol–water partition coefficient (Wildman–Crippen LogP) is 4.50. The minimum atomic E-state index is 0.602. The molecule has 26 heavy (non-hydrogen) atoms. The number of nitrogens with zero attached hydrogens (tertiary/aromatic N) is 2. The molecule has 3 aromatic rings. The molecule has 0 fully saturated rings. The molecule has 0 aliphatic heterocycles. The fourth-order valence-corrected chi connectivity index (χ4v) is 2.94. The number of likely N-dealkylation sites (N-methyl/N-ethyl adjacent to an activating group) is 1. The molecule has 0 bridgehead atoms. The Morgan fingerprint density at radius 1 is 1.00 bits per heavy atom. The van der Waals surface area contributed by atoms with Gasteiger partial charge in [0.25, 0.3) is 0 Å². The average Bonchev–Trinajstić information content (AvgIpc) is 3.16. The molecule has 4 nitrogen and oxygen atoms in total. The maximum absolute atomic E-state index is 8.34. The summed E-state index contributed by atoms with van der Waals surface area (Å²) in [5, 5.41) is 9.08. The second kappa shape index (κ2) is 8.68. The van der Waals surface area contributed by atoms with E-state index in [0.29, 0.717) is 18.8 Å². The van der Waals surface area contributed by atoms with Gasteiger partial charge in [0.15, 0.2) is 0 Å². The van der Waals surface area contributed by atoms with E-state index in [-0.39, 0.29) is 0 Å². The van der Waals surface area contributed by atoms with Crippen molar-refractivity contribution in [1.82, 2.24) is 14.9 Å². The van der Waals surface area contributed by atoms with Gasteiger partial charge in [-0.3, -0.25) is 5.41 Å². The van der Waals surface area contributed by atoms with E-state index >= 15 is 0 Å².